The van der Waals surface area contributed by atoms with Crippen LogP contribution in [0.15, 0.2) is 48.8 Å². The number of carbonyl (C=O) groups excluding carboxylic acids is 2. The molecule has 0 radical (unpaired) electrons. The lowest BCUT2D eigenvalue weighted by Gasteiger charge is -2.23. The Kier molecular flexibility index (Phi) is 6.20. The number of aromatic nitrogens is 1. The largest absolute Gasteiger partial charge is 0.341 e. The molecule has 0 aliphatic carbocycles. The zero-order valence-corrected chi connectivity index (χ0v) is 16.8. The van der Waals surface area contributed by atoms with Crippen molar-refractivity contribution < 1.29 is 9.59 Å². The zero-order valence-electron chi connectivity index (χ0n) is 16.8. The van der Waals surface area contributed by atoms with Crippen LogP contribution in [0.3, 0.4) is 0 Å². The van der Waals surface area contributed by atoms with Crippen LogP contribution >= 0.6 is 0 Å². The van der Waals surface area contributed by atoms with E-state index in [4.69, 9.17) is 0 Å². The van der Waals surface area contributed by atoms with Crippen LogP contribution in [0, 0.1) is 0 Å². The van der Waals surface area contributed by atoms with Crippen LogP contribution in [0.2, 0.25) is 0 Å². The van der Waals surface area contributed by atoms with E-state index in [1.54, 1.807) is 0 Å². The predicted octanol–water partition coefficient (Wildman–Crippen LogP) is 2.49. The minimum atomic E-state index is 0.0532. The summed E-state index contributed by atoms with van der Waals surface area (Å²) in [5.41, 5.74) is 3.47. The molecule has 0 spiro atoms. The molecule has 0 saturated carbocycles. The van der Waals surface area contributed by atoms with Crippen LogP contribution in [-0.4, -0.2) is 59.3 Å². The molecule has 29 heavy (non-hydrogen) atoms. The molecule has 2 amide bonds. The van der Waals surface area contributed by atoms with Crippen molar-refractivity contribution in [3.8, 4) is 0 Å². The van der Waals surface area contributed by atoms with Gasteiger partial charge in [-0.3, -0.25) is 19.5 Å². The molecule has 6 nitrogen and oxygen atoms in total. The maximum Gasteiger partial charge on any atom is 0.227 e. The Morgan fingerprint density at radius 2 is 1.66 bits per heavy atom. The summed E-state index contributed by atoms with van der Waals surface area (Å²) in [6.07, 6.45) is 6.07. The highest BCUT2D eigenvalue weighted by atomic mass is 16.2. The molecule has 1 saturated heterocycles. The van der Waals surface area contributed by atoms with Gasteiger partial charge in [-0.2, -0.15) is 0 Å². The number of anilines is 1. The predicted molar refractivity (Wildman–Crippen MR) is 112 cm³/mol. The van der Waals surface area contributed by atoms with Gasteiger partial charge in [0.25, 0.3) is 0 Å². The maximum atomic E-state index is 12.7. The van der Waals surface area contributed by atoms with Crippen LogP contribution in [-0.2, 0) is 22.6 Å². The van der Waals surface area contributed by atoms with Crippen LogP contribution in [0.4, 0.5) is 5.69 Å². The lowest BCUT2D eigenvalue weighted by atomic mass is 10.2. The molecule has 2 aliphatic rings. The number of amides is 2. The molecule has 1 aromatic heterocycles. The molecule has 2 aromatic rings. The van der Waals surface area contributed by atoms with Gasteiger partial charge in [0.15, 0.2) is 0 Å². The van der Waals surface area contributed by atoms with Crippen molar-refractivity contribution in [2.45, 2.75) is 32.2 Å². The Morgan fingerprint density at radius 1 is 0.862 bits per heavy atom. The number of carbonyl (C=O) groups is 2. The highest BCUT2D eigenvalue weighted by Crippen LogP contribution is 2.28. The van der Waals surface area contributed by atoms with Gasteiger partial charge < -0.3 is 9.80 Å². The van der Waals surface area contributed by atoms with E-state index in [2.05, 4.69) is 16.0 Å². The molecule has 1 fully saturated rings. The van der Waals surface area contributed by atoms with E-state index < -0.39 is 0 Å². The third kappa shape index (κ3) is 4.82. The molecular weight excluding hydrogens is 364 g/mol. The van der Waals surface area contributed by atoms with Gasteiger partial charge in [-0.1, -0.05) is 18.2 Å². The van der Waals surface area contributed by atoms with Gasteiger partial charge in [-0.25, -0.2) is 0 Å². The molecular formula is C23H28N4O2. The van der Waals surface area contributed by atoms with Gasteiger partial charge in [0, 0.05) is 70.2 Å². The third-order valence-electron chi connectivity index (χ3n) is 5.84. The number of nitrogens with zero attached hydrogens (tertiary/aromatic N) is 4. The van der Waals surface area contributed by atoms with E-state index in [-0.39, 0.29) is 18.2 Å². The number of rotatable bonds is 5. The summed E-state index contributed by atoms with van der Waals surface area (Å²) < 4.78 is 0. The first-order chi connectivity index (χ1) is 14.2. The lowest BCUT2D eigenvalue weighted by molar-refractivity contribution is -0.133. The van der Waals surface area contributed by atoms with E-state index in [9.17, 15) is 9.59 Å². The number of benzene rings is 1. The van der Waals surface area contributed by atoms with Crippen LogP contribution < -0.4 is 4.90 Å². The van der Waals surface area contributed by atoms with E-state index >= 15 is 0 Å². The van der Waals surface area contributed by atoms with Crippen LogP contribution in [0.25, 0.3) is 0 Å². The van der Waals surface area contributed by atoms with Crippen molar-refractivity contribution in [3.63, 3.8) is 0 Å². The standard InChI is InChI=1S/C23H28N4O2/c28-22(6-7-23(29)27-15-10-20-4-1-2-5-21(20)27)26-14-3-13-25(16-17-26)18-19-8-11-24-12-9-19/h1-2,4-5,8-9,11-12H,3,6-7,10,13-18H2. The van der Waals surface area contributed by atoms with Crippen LogP contribution in [0.5, 0.6) is 0 Å². The lowest BCUT2D eigenvalue weighted by Crippen LogP contribution is -2.36. The normalized spacial score (nSPS) is 17.1. The van der Waals surface area contributed by atoms with Crippen molar-refractivity contribution in [1.29, 1.82) is 0 Å². The topological polar surface area (TPSA) is 56.8 Å². The number of para-hydroxylation sites is 1. The molecule has 2 aliphatic heterocycles. The Balaban J connectivity index is 1.25. The molecule has 6 heteroatoms. The molecule has 0 atom stereocenters. The first-order valence-corrected chi connectivity index (χ1v) is 10.5. The fourth-order valence-electron chi connectivity index (χ4n) is 4.23. The molecule has 1 aromatic carbocycles. The summed E-state index contributed by atoms with van der Waals surface area (Å²) in [5, 5.41) is 0. The Bertz CT molecular complexity index is 855. The SMILES string of the molecule is O=C(CCC(=O)N1CCc2ccccc21)N1CCCN(Cc2ccncc2)CC1. The highest BCUT2D eigenvalue weighted by molar-refractivity contribution is 5.97. The van der Waals surface area contributed by atoms with Gasteiger partial charge in [0.05, 0.1) is 0 Å². The fraction of sp³-hybridized carbons (Fsp3) is 0.435. The Morgan fingerprint density at radius 3 is 2.52 bits per heavy atom. The maximum absolute atomic E-state index is 12.7. The minimum absolute atomic E-state index is 0.0532. The molecule has 0 N–H and O–H groups in total. The van der Waals surface area contributed by atoms with Crippen molar-refractivity contribution in [1.82, 2.24) is 14.8 Å². The third-order valence-corrected chi connectivity index (χ3v) is 5.84. The van der Waals surface area contributed by atoms with Crippen molar-refractivity contribution in [3.05, 3.63) is 59.9 Å². The van der Waals surface area contributed by atoms with Gasteiger partial charge in [0.1, 0.15) is 0 Å². The van der Waals surface area contributed by atoms with Gasteiger partial charge >= 0.3 is 0 Å². The van der Waals surface area contributed by atoms with Gasteiger partial charge in [0.2, 0.25) is 11.8 Å². The zero-order chi connectivity index (χ0) is 20.1. The smallest absolute Gasteiger partial charge is 0.227 e. The number of fused-ring (bicyclic) bond motifs is 1. The minimum Gasteiger partial charge on any atom is -0.341 e. The first kappa shape index (κ1) is 19.6. The van der Waals surface area contributed by atoms with E-state index in [1.807, 2.05) is 52.5 Å². The quantitative estimate of drug-likeness (QED) is 0.785. The molecule has 4 rings (SSSR count). The average Bonchev–Trinajstić information content (AvgIpc) is 3.05. The number of pyridine rings is 1. The average molecular weight is 393 g/mol. The summed E-state index contributed by atoms with van der Waals surface area (Å²) in [7, 11) is 0. The summed E-state index contributed by atoms with van der Waals surface area (Å²) in [4.78, 5) is 35.6. The van der Waals surface area contributed by atoms with Crippen molar-refractivity contribution in [2.75, 3.05) is 37.6 Å². The molecule has 152 valence electrons. The summed E-state index contributed by atoms with van der Waals surface area (Å²) in [5.74, 6) is 0.147. The summed E-state index contributed by atoms with van der Waals surface area (Å²) in [6, 6.07) is 12.1. The van der Waals surface area contributed by atoms with E-state index in [1.165, 1.54) is 11.1 Å². The Hall–Kier alpha value is -2.73. The van der Waals surface area contributed by atoms with E-state index in [0.29, 0.717) is 6.42 Å². The fourth-order valence-corrected chi connectivity index (χ4v) is 4.23. The van der Waals surface area contributed by atoms with E-state index in [0.717, 1.165) is 57.8 Å². The Labute approximate surface area is 172 Å². The summed E-state index contributed by atoms with van der Waals surface area (Å²) >= 11 is 0. The second-order valence-corrected chi connectivity index (χ2v) is 7.79. The van der Waals surface area contributed by atoms with Crippen molar-refractivity contribution >= 4 is 17.5 Å². The second-order valence-electron chi connectivity index (χ2n) is 7.79. The molecule has 0 unspecified atom stereocenters. The van der Waals surface area contributed by atoms with Gasteiger partial charge in [-0.05, 0) is 42.2 Å². The highest BCUT2D eigenvalue weighted by Gasteiger charge is 2.25. The molecule has 0 bridgehead atoms. The monoisotopic (exact) mass is 392 g/mol. The second kappa shape index (κ2) is 9.18. The molecule has 3 heterocycles. The van der Waals surface area contributed by atoms with Crippen LogP contribution in [0.1, 0.15) is 30.4 Å². The summed E-state index contributed by atoms with van der Waals surface area (Å²) in [6.45, 7) is 4.95. The number of hydrogen-bond acceptors (Lipinski definition) is 4. The first-order valence-electron chi connectivity index (χ1n) is 10.5. The van der Waals surface area contributed by atoms with Crippen molar-refractivity contribution in [2.24, 2.45) is 0 Å². The van der Waals surface area contributed by atoms with Gasteiger partial charge in [-0.15, -0.1) is 0 Å². The number of hydrogen-bond donors (Lipinski definition) is 0.